The van der Waals surface area contributed by atoms with Crippen molar-refractivity contribution in [2.24, 2.45) is 0 Å². The Morgan fingerprint density at radius 3 is 2.81 bits per heavy atom. The van der Waals surface area contributed by atoms with Gasteiger partial charge in [-0.3, -0.25) is 9.78 Å². The Kier molecular flexibility index (Phi) is 3.90. The highest BCUT2D eigenvalue weighted by atomic mass is 79.9. The van der Waals surface area contributed by atoms with Crippen molar-refractivity contribution in [3.63, 3.8) is 0 Å². The summed E-state index contributed by atoms with van der Waals surface area (Å²) in [5.41, 5.74) is 1.13. The maximum atomic E-state index is 12.4. The van der Waals surface area contributed by atoms with Crippen molar-refractivity contribution >= 4 is 49.9 Å². The Morgan fingerprint density at radius 2 is 1.95 bits per heavy atom. The van der Waals surface area contributed by atoms with Crippen molar-refractivity contribution in [3.8, 4) is 0 Å². The number of halogens is 2. The van der Waals surface area contributed by atoms with Crippen LogP contribution in [0.15, 0.2) is 59.3 Å². The van der Waals surface area contributed by atoms with Gasteiger partial charge in [0.15, 0.2) is 0 Å². The molecule has 0 aliphatic heterocycles. The van der Waals surface area contributed by atoms with Crippen LogP contribution in [0.5, 0.6) is 0 Å². The average molecular weight is 362 g/mol. The van der Waals surface area contributed by atoms with Gasteiger partial charge in [0.25, 0.3) is 5.91 Å². The lowest BCUT2D eigenvalue weighted by Crippen LogP contribution is -2.12. The molecule has 1 N–H and O–H groups in total. The van der Waals surface area contributed by atoms with Crippen LogP contribution >= 0.6 is 27.5 Å². The zero-order valence-electron chi connectivity index (χ0n) is 10.8. The standard InChI is InChI=1S/C16H10BrClN2O/c17-13-5-2-4-11(15(13)18)16(21)20-14-6-1-3-10-7-8-19-9-12(10)14/h1-9H,(H,20,21). The molecule has 3 aromatic rings. The third-order valence-corrected chi connectivity index (χ3v) is 4.42. The van der Waals surface area contributed by atoms with Gasteiger partial charge in [-0.05, 0) is 45.6 Å². The summed E-state index contributed by atoms with van der Waals surface area (Å²) >= 11 is 9.47. The van der Waals surface area contributed by atoms with Crippen molar-refractivity contribution < 1.29 is 4.79 Å². The normalized spacial score (nSPS) is 10.6. The summed E-state index contributed by atoms with van der Waals surface area (Å²) in [5.74, 6) is -0.252. The maximum Gasteiger partial charge on any atom is 0.257 e. The molecule has 3 nitrogen and oxygen atoms in total. The van der Waals surface area contributed by atoms with Crippen molar-refractivity contribution in [3.05, 3.63) is 69.9 Å². The van der Waals surface area contributed by atoms with E-state index in [1.54, 1.807) is 30.6 Å². The summed E-state index contributed by atoms with van der Waals surface area (Å²) in [6.07, 6.45) is 3.45. The number of rotatable bonds is 2. The van der Waals surface area contributed by atoms with Crippen LogP contribution in [0.2, 0.25) is 5.02 Å². The highest BCUT2D eigenvalue weighted by Gasteiger charge is 2.13. The number of aromatic nitrogens is 1. The van der Waals surface area contributed by atoms with Gasteiger partial charge in [0.2, 0.25) is 0 Å². The summed E-state index contributed by atoms with van der Waals surface area (Å²) in [7, 11) is 0. The predicted molar refractivity (Wildman–Crippen MR) is 88.8 cm³/mol. The van der Waals surface area contributed by atoms with Gasteiger partial charge in [-0.2, -0.15) is 0 Å². The van der Waals surface area contributed by atoms with E-state index in [1.807, 2.05) is 24.3 Å². The highest BCUT2D eigenvalue weighted by molar-refractivity contribution is 9.10. The molecule has 1 amide bonds. The molecule has 0 spiro atoms. The van der Waals surface area contributed by atoms with Gasteiger partial charge in [0, 0.05) is 22.3 Å². The van der Waals surface area contributed by atoms with Crippen LogP contribution in [-0.2, 0) is 0 Å². The van der Waals surface area contributed by atoms with Gasteiger partial charge in [0.05, 0.1) is 16.3 Å². The second-order valence-corrected chi connectivity index (χ2v) is 5.69. The molecule has 0 aliphatic carbocycles. The number of pyridine rings is 1. The number of amides is 1. The van der Waals surface area contributed by atoms with Crippen molar-refractivity contribution in [1.29, 1.82) is 0 Å². The summed E-state index contributed by atoms with van der Waals surface area (Å²) in [6.45, 7) is 0. The van der Waals surface area contributed by atoms with Crippen molar-refractivity contribution in [1.82, 2.24) is 4.98 Å². The minimum Gasteiger partial charge on any atom is -0.321 e. The van der Waals surface area contributed by atoms with Gasteiger partial charge in [0.1, 0.15) is 0 Å². The molecule has 0 unspecified atom stereocenters. The van der Waals surface area contributed by atoms with E-state index in [1.165, 1.54) is 0 Å². The lowest BCUT2D eigenvalue weighted by molar-refractivity contribution is 0.102. The first-order chi connectivity index (χ1) is 10.2. The quantitative estimate of drug-likeness (QED) is 0.705. The maximum absolute atomic E-state index is 12.4. The van der Waals surface area contributed by atoms with Crippen LogP contribution in [0.3, 0.4) is 0 Å². The lowest BCUT2D eigenvalue weighted by Gasteiger charge is -2.10. The largest absolute Gasteiger partial charge is 0.321 e. The van der Waals surface area contributed by atoms with E-state index in [2.05, 4.69) is 26.2 Å². The van der Waals surface area contributed by atoms with Crippen LogP contribution in [0.25, 0.3) is 10.8 Å². The van der Waals surface area contributed by atoms with E-state index in [9.17, 15) is 4.79 Å². The topological polar surface area (TPSA) is 42.0 Å². The van der Waals surface area contributed by atoms with Gasteiger partial charge in [-0.15, -0.1) is 0 Å². The molecule has 0 saturated heterocycles. The Morgan fingerprint density at radius 1 is 1.14 bits per heavy atom. The Labute approximate surface area is 135 Å². The van der Waals surface area contributed by atoms with E-state index in [-0.39, 0.29) is 5.91 Å². The number of nitrogens with zero attached hydrogens (tertiary/aromatic N) is 1. The minimum atomic E-state index is -0.252. The summed E-state index contributed by atoms with van der Waals surface area (Å²) < 4.78 is 0.691. The molecule has 0 aliphatic rings. The number of anilines is 1. The second-order valence-electron chi connectivity index (χ2n) is 4.46. The van der Waals surface area contributed by atoms with Crippen molar-refractivity contribution in [2.75, 3.05) is 5.32 Å². The average Bonchev–Trinajstić information content (AvgIpc) is 2.50. The molecule has 3 rings (SSSR count). The predicted octanol–water partition coefficient (Wildman–Crippen LogP) is 4.90. The van der Waals surface area contributed by atoms with Crippen LogP contribution in [0, 0.1) is 0 Å². The Hall–Kier alpha value is -1.91. The first-order valence-electron chi connectivity index (χ1n) is 6.25. The zero-order chi connectivity index (χ0) is 14.8. The third kappa shape index (κ3) is 2.77. The molecular weight excluding hydrogens is 352 g/mol. The van der Waals surface area contributed by atoms with E-state index in [0.717, 1.165) is 10.8 Å². The molecule has 2 aromatic carbocycles. The van der Waals surface area contributed by atoms with Gasteiger partial charge in [-0.1, -0.05) is 29.8 Å². The molecule has 5 heteroatoms. The fraction of sp³-hybridized carbons (Fsp3) is 0. The Balaban J connectivity index is 1.99. The highest BCUT2D eigenvalue weighted by Crippen LogP contribution is 2.28. The van der Waals surface area contributed by atoms with E-state index in [4.69, 9.17) is 11.6 Å². The van der Waals surface area contributed by atoms with Crippen LogP contribution in [0.1, 0.15) is 10.4 Å². The smallest absolute Gasteiger partial charge is 0.257 e. The summed E-state index contributed by atoms with van der Waals surface area (Å²) in [4.78, 5) is 16.5. The van der Waals surface area contributed by atoms with Gasteiger partial charge in [-0.25, -0.2) is 0 Å². The number of hydrogen-bond donors (Lipinski definition) is 1. The van der Waals surface area contributed by atoms with Gasteiger partial charge < -0.3 is 5.32 Å². The number of nitrogens with one attached hydrogen (secondary N) is 1. The molecule has 1 heterocycles. The molecule has 0 bridgehead atoms. The number of fused-ring (bicyclic) bond motifs is 1. The number of hydrogen-bond acceptors (Lipinski definition) is 2. The molecule has 1 aromatic heterocycles. The fourth-order valence-electron chi connectivity index (χ4n) is 2.09. The van der Waals surface area contributed by atoms with E-state index >= 15 is 0 Å². The molecular formula is C16H10BrClN2O. The van der Waals surface area contributed by atoms with E-state index < -0.39 is 0 Å². The SMILES string of the molecule is O=C(Nc1cccc2ccncc12)c1cccc(Br)c1Cl. The monoisotopic (exact) mass is 360 g/mol. The van der Waals surface area contributed by atoms with Gasteiger partial charge >= 0.3 is 0 Å². The third-order valence-electron chi connectivity index (χ3n) is 3.13. The van der Waals surface area contributed by atoms with Crippen molar-refractivity contribution in [2.45, 2.75) is 0 Å². The molecule has 104 valence electrons. The molecule has 0 radical (unpaired) electrons. The van der Waals surface area contributed by atoms with Crippen LogP contribution in [-0.4, -0.2) is 10.9 Å². The fourth-order valence-corrected chi connectivity index (χ4v) is 2.67. The van der Waals surface area contributed by atoms with Crippen LogP contribution < -0.4 is 5.32 Å². The Bertz CT molecular complexity index is 830. The lowest BCUT2D eigenvalue weighted by atomic mass is 10.1. The van der Waals surface area contributed by atoms with Crippen LogP contribution in [0.4, 0.5) is 5.69 Å². The summed E-state index contributed by atoms with van der Waals surface area (Å²) in [6, 6.07) is 12.9. The summed E-state index contributed by atoms with van der Waals surface area (Å²) in [5, 5.41) is 5.19. The molecule has 0 fully saturated rings. The number of carbonyl (C=O) groups excluding carboxylic acids is 1. The van der Waals surface area contributed by atoms with E-state index in [0.29, 0.717) is 20.7 Å². The first kappa shape index (κ1) is 14.0. The minimum absolute atomic E-state index is 0.252. The molecule has 0 saturated carbocycles. The number of benzene rings is 2. The zero-order valence-corrected chi connectivity index (χ0v) is 13.1. The first-order valence-corrected chi connectivity index (χ1v) is 7.42. The second kappa shape index (κ2) is 5.84. The molecule has 0 atom stereocenters. The number of carbonyl (C=O) groups is 1. The molecule has 21 heavy (non-hydrogen) atoms.